The molecule has 0 spiro atoms. The van der Waals surface area contributed by atoms with Crippen LogP contribution in [0, 0.1) is 11.7 Å². The van der Waals surface area contributed by atoms with Gasteiger partial charge in [-0.1, -0.05) is 36.4 Å². The summed E-state index contributed by atoms with van der Waals surface area (Å²) in [7, 11) is 1.30. The number of hydrogen-bond acceptors (Lipinski definition) is 3. The van der Waals surface area contributed by atoms with Gasteiger partial charge in [0.05, 0.1) is 19.1 Å². The highest BCUT2D eigenvalue weighted by atomic mass is 19.1. The molecule has 5 nitrogen and oxygen atoms in total. The zero-order valence-electron chi connectivity index (χ0n) is 13.5. The van der Waals surface area contributed by atoms with Gasteiger partial charge >= 0.3 is 12.0 Å². The molecule has 24 heavy (non-hydrogen) atoms. The van der Waals surface area contributed by atoms with E-state index in [1.54, 1.807) is 13.0 Å². The van der Waals surface area contributed by atoms with E-state index in [1.165, 1.54) is 25.3 Å². The molecule has 126 valence electrons. The minimum Gasteiger partial charge on any atom is -0.469 e. The molecule has 0 bridgehead atoms. The lowest BCUT2D eigenvalue weighted by atomic mass is 9.94. The molecule has 2 aromatic rings. The van der Waals surface area contributed by atoms with Gasteiger partial charge in [0.15, 0.2) is 0 Å². The summed E-state index contributed by atoms with van der Waals surface area (Å²) >= 11 is 0. The number of methoxy groups -OCH3 is 1. The maximum atomic E-state index is 13.2. The van der Waals surface area contributed by atoms with Crippen molar-refractivity contribution < 1.29 is 18.7 Å². The summed E-state index contributed by atoms with van der Waals surface area (Å²) < 4.78 is 18.0. The van der Waals surface area contributed by atoms with Crippen molar-refractivity contribution in [2.45, 2.75) is 13.0 Å². The second-order valence-corrected chi connectivity index (χ2v) is 5.31. The zero-order valence-corrected chi connectivity index (χ0v) is 13.5. The maximum absolute atomic E-state index is 13.2. The molecule has 2 amide bonds. The molecule has 2 aromatic carbocycles. The predicted octanol–water partition coefficient (Wildman–Crippen LogP) is 3.50. The molecule has 2 N–H and O–H groups in total. The van der Waals surface area contributed by atoms with Crippen LogP contribution in [0.4, 0.5) is 14.9 Å². The molecule has 0 radical (unpaired) electrons. The summed E-state index contributed by atoms with van der Waals surface area (Å²) in [6.45, 7) is 1.67. The number of anilines is 1. The summed E-state index contributed by atoms with van der Waals surface area (Å²) in [6, 6.07) is 13.6. The number of ether oxygens (including phenoxy) is 1. The molecule has 2 atom stereocenters. The normalized spacial score (nSPS) is 12.8. The average Bonchev–Trinajstić information content (AvgIpc) is 2.59. The Hall–Kier alpha value is -2.89. The van der Waals surface area contributed by atoms with Crippen LogP contribution in [0.2, 0.25) is 0 Å². The van der Waals surface area contributed by atoms with E-state index >= 15 is 0 Å². The van der Waals surface area contributed by atoms with E-state index in [0.29, 0.717) is 5.69 Å². The van der Waals surface area contributed by atoms with Gasteiger partial charge in [0, 0.05) is 5.69 Å². The smallest absolute Gasteiger partial charge is 0.319 e. The number of halogens is 1. The third-order valence-electron chi connectivity index (χ3n) is 3.60. The highest BCUT2D eigenvalue weighted by molar-refractivity contribution is 5.90. The molecule has 0 aromatic heterocycles. The van der Waals surface area contributed by atoms with Crippen LogP contribution in [0.5, 0.6) is 0 Å². The van der Waals surface area contributed by atoms with Crippen LogP contribution in [0.15, 0.2) is 54.6 Å². The Kier molecular flexibility index (Phi) is 5.89. The minimum absolute atomic E-state index is 0.324. The molecule has 2 rings (SSSR count). The molecule has 0 aliphatic rings. The molecule has 0 aliphatic carbocycles. The lowest BCUT2D eigenvalue weighted by Crippen LogP contribution is -2.38. The monoisotopic (exact) mass is 330 g/mol. The molecule has 0 saturated heterocycles. The fourth-order valence-electron chi connectivity index (χ4n) is 2.35. The quantitative estimate of drug-likeness (QED) is 0.825. The largest absolute Gasteiger partial charge is 0.469 e. The van der Waals surface area contributed by atoms with E-state index in [0.717, 1.165) is 5.56 Å². The molecule has 0 unspecified atom stereocenters. The van der Waals surface area contributed by atoms with Gasteiger partial charge in [0.2, 0.25) is 0 Å². The second-order valence-electron chi connectivity index (χ2n) is 5.31. The zero-order chi connectivity index (χ0) is 17.5. The van der Waals surface area contributed by atoms with Crippen LogP contribution in [0.25, 0.3) is 0 Å². The molecular weight excluding hydrogens is 311 g/mol. The van der Waals surface area contributed by atoms with Crippen molar-refractivity contribution in [3.8, 4) is 0 Å². The average molecular weight is 330 g/mol. The SMILES string of the molecule is COC(=O)[C@@H](C)[C@@H](NC(=O)Nc1cccc(F)c1)c1ccccc1. The van der Waals surface area contributed by atoms with Crippen LogP contribution in [-0.2, 0) is 9.53 Å². The van der Waals surface area contributed by atoms with E-state index in [9.17, 15) is 14.0 Å². The summed E-state index contributed by atoms with van der Waals surface area (Å²) in [5, 5.41) is 5.30. The van der Waals surface area contributed by atoms with Crippen LogP contribution in [0.3, 0.4) is 0 Å². The topological polar surface area (TPSA) is 67.4 Å². The standard InChI is InChI=1S/C18H19FN2O3/c1-12(17(22)24-2)16(13-7-4-3-5-8-13)21-18(23)20-15-10-6-9-14(19)11-15/h3-12,16H,1-2H3,(H2,20,21,23)/t12-,16+/m0/s1. The molecule has 0 fully saturated rings. The van der Waals surface area contributed by atoms with Gasteiger partial charge in [0.1, 0.15) is 5.82 Å². The van der Waals surface area contributed by atoms with Crippen molar-refractivity contribution in [2.75, 3.05) is 12.4 Å². The Morgan fingerprint density at radius 3 is 2.42 bits per heavy atom. The number of rotatable bonds is 5. The van der Waals surface area contributed by atoms with Gasteiger partial charge in [-0.05, 0) is 30.7 Å². The Labute approximate surface area is 139 Å². The van der Waals surface area contributed by atoms with Crippen molar-refractivity contribution in [1.29, 1.82) is 0 Å². The summed E-state index contributed by atoms with van der Waals surface area (Å²) in [5.41, 5.74) is 1.09. The summed E-state index contributed by atoms with van der Waals surface area (Å²) in [6.07, 6.45) is 0. The van der Waals surface area contributed by atoms with Gasteiger partial charge in [-0.2, -0.15) is 0 Å². The van der Waals surface area contributed by atoms with Crippen LogP contribution < -0.4 is 10.6 Å². The molecule has 0 aliphatic heterocycles. The summed E-state index contributed by atoms with van der Waals surface area (Å²) in [5.74, 6) is -1.47. The van der Waals surface area contributed by atoms with Gasteiger partial charge in [0.25, 0.3) is 0 Å². The third kappa shape index (κ3) is 4.55. The van der Waals surface area contributed by atoms with Gasteiger partial charge in [-0.15, -0.1) is 0 Å². The van der Waals surface area contributed by atoms with E-state index in [4.69, 9.17) is 4.74 Å². The Morgan fingerprint density at radius 2 is 1.79 bits per heavy atom. The highest BCUT2D eigenvalue weighted by Gasteiger charge is 2.27. The summed E-state index contributed by atoms with van der Waals surface area (Å²) in [4.78, 5) is 24.1. The number of esters is 1. The first-order valence-corrected chi connectivity index (χ1v) is 7.47. The number of urea groups is 1. The fraction of sp³-hybridized carbons (Fsp3) is 0.222. The van der Waals surface area contributed by atoms with E-state index in [-0.39, 0.29) is 0 Å². The van der Waals surface area contributed by atoms with Crippen LogP contribution in [0.1, 0.15) is 18.5 Å². The van der Waals surface area contributed by atoms with E-state index in [2.05, 4.69) is 10.6 Å². The molecular formula is C18H19FN2O3. The van der Waals surface area contributed by atoms with E-state index < -0.39 is 29.8 Å². The number of benzene rings is 2. The van der Waals surface area contributed by atoms with Crippen molar-refractivity contribution in [3.63, 3.8) is 0 Å². The number of hydrogen-bond donors (Lipinski definition) is 2. The van der Waals surface area contributed by atoms with Crippen molar-refractivity contribution >= 4 is 17.7 Å². The van der Waals surface area contributed by atoms with Crippen LogP contribution in [-0.4, -0.2) is 19.1 Å². The lowest BCUT2D eigenvalue weighted by Gasteiger charge is -2.24. The molecule has 6 heteroatoms. The predicted molar refractivity (Wildman–Crippen MR) is 88.9 cm³/mol. The minimum atomic E-state index is -0.587. The van der Waals surface area contributed by atoms with Crippen molar-refractivity contribution in [3.05, 3.63) is 66.0 Å². The molecule has 0 saturated carbocycles. The second kappa shape index (κ2) is 8.10. The Balaban J connectivity index is 2.15. The van der Waals surface area contributed by atoms with E-state index in [1.807, 2.05) is 30.3 Å². The Morgan fingerprint density at radius 1 is 1.08 bits per heavy atom. The maximum Gasteiger partial charge on any atom is 0.319 e. The first kappa shape index (κ1) is 17.5. The molecule has 0 heterocycles. The van der Waals surface area contributed by atoms with Crippen molar-refractivity contribution in [2.24, 2.45) is 5.92 Å². The number of carbonyl (C=O) groups excluding carboxylic acids is 2. The van der Waals surface area contributed by atoms with Gasteiger partial charge in [-0.25, -0.2) is 9.18 Å². The first-order chi connectivity index (χ1) is 11.5. The Bertz CT molecular complexity index is 706. The number of carbonyl (C=O) groups is 2. The number of amides is 2. The lowest BCUT2D eigenvalue weighted by molar-refractivity contribution is -0.145. The fourth-order valence-corrected chi connectivity index (χ4v) is 2.35. The highest BCUT2D eigenvalue weighted by Crippen LogP contribution is 2.23. The van der Waals surface area contributed by atoms with Crippen LogP contribution >= 0.6 is 0 Å². The third-order valence-corrected chi connectivity index (χ3v) is 3.60. The number of nitrogens with one attached hydrogen (secondary N) is 2. The van der Waals surface area contributed by atoms with Gasteiger partial charge < -0.3 is 15.4 Å². The van der Waals surface area contributed by atoms with Gasteiger partial charge in [-0.3, -0.25) is 4.79 Å². The first-order valence-electron chi connectivity index (χ1n) is 7.47. The van der Waals surface area contributed by atoms with Crippen molar-refractivity contribution in [1.82, 2.24) is 5.32 Å².